The molecule has 1 fully saturated rings. The summed E-state index contributed by atoms with van der Waals surface area (Å²) in [4.78, 5) is 4.06. The number of tetrazole rings is 1. The molecule has 4 aromatic rings. The third kappa shape index (κ3) is 5.07. The Morgan fingerprint density at radius 1 is 0.971 bits per heavy atom. The number of nitrogens with one attached hydrogen (secondary N) is 1. The highest BCUT2D eigenvalue weighted by Gasteiger charge is 2.25. The summed E-state index contributed by atoms with van der Waals surface area (Å²) >= 11 is 0. The molecule has 0 aliphatic carbocycles. The molecule has 2 unspecified atom stereocenters. The number of hydrogen-bond acceptors (Lipinski definition) is 5. The van der Waals surface area contributed by atoms with Crippen molar-refractivity contribution in [1.82, 2.24) is 20.2 Å². The lowest BCUT2D eigenvalue weighted by molar-refractivity contribution is 0.104. The molecule has 174 valence electrons. The number of anilines is 3. The molecule has 0 radical (unpaired) electrons. The minimum atomic E-state index is -2.95. The predicted octanol–water partition coefficient (Wildman–Crippen LogP) is 5.53. The SMILES string of the molecule is FC(F)(P)c1ccc(Nc2ccccc2-c2nnn(CC3CCN(c4ccccc4)C3)n2)cc1. The molecule has 1 aromatic heterocycles. The van der Waals surface area contributed by atoms with Crippen LogP contribution in [0.1, 0.15) is 12.0 Å². The highest BCUT2D eigenvalue weighted by Crippen LogP contribution is 2.36. The second-order valence-electron chi connectivity index (χ2n) is 8.48. The number of para-hydroxylation sites is 2. The Bertz CT molecular complexity index is 1240. The van der Waals surface area contributed by atoms with Gasteiger partial charge in [-0.2, -0.15) is 13.6 Å². The number of nitrogens with zero attached hydrogens (tertiary/aromatic N) is 5. The van der Waals surface area contributed by atoms with Crippen LogP contribution in [0.15, 0.2) is 78.9 Å². The normalized spacial score (nSPS) is 16.1. The summed E-state index contributed by atoms with van der Waals surface area (Å²) < 4.78 is 26.9. The predicted molar refractivity (Wildman–Crippen MR) is 133 cm³/mol. The van der Waals surface area contributed by atoms with E-state index in [1.165, 1.54) is 17.8 Å². The maximum Gasteiger partial charge on any atom is 0.283 e. The molecule has 1 aliphatic heterocycles. The third-order valence-corrected chi connectivity index (χ3v) is 6.33. The maximum atomic E-state index is 13.5. The van der Waals surface area contributed by atoms with Gasteiger partial charge in [0, 0.05) is 41.3 Å². The van der Waals surface area contributed by atoms with E-state index in [1.54, 1.807) is 26.2 Å². The van der Waals surface area contributed by atoms with E-state index < -0.39 is 5.66 Å². The van der Waals surface area contributed by atoms with Crippen LogP contribution in [-0.2, 0) is 12.2 Å². The number of rotatable bonds is 7. The van der Waals surface area contributed by atoms with Gasteiger partial charge < -0.3 is 10.2 Å². The van der Waals surface area contributed by atoms with Crippen molar-refractivity contribution in [3.8, 4) is 11.4 Å². The van der Waals surface area contributed by atoms with Crippen LogP contribution < -0.4 is 10.2 Å². The fourth-order valence-corrected chi connectivity index (χ4v) is 4.43. The van der Waals surface area contributed by atoms with E-state index >= 15 is 0 Å². The maximum absolute atomic E-state index is 13.5. The van der Waals surface area contributed by atoms with E-state index in [4.69, 9.17) is 0 Å². The Kier molecular flexibility index (Phi) is 6.24. The summed E-state index contributed by atoms with van der Waals surface area (Å²) in [5.41, 5.74) is 0.515. The van der Waals surface area contributed by atoms with Crippen molar-refractivity contribution in [1.29, 1.82) is 0 Å². The van der Waals surface area contributed by atoms with Crippen LogP contribution in [-0.4, -0.2) is 33.3 Å². The lowest BCUT2D eigenvalue weighted by atomic mass is 10.1. The van der Waals surface area contributed by atoms with Gasteiger partial charge in [0.1, 0.15) is 0 Å². The smallest absolute Gasteiger partial charge is 0.283 e. The monoisotopic (exact) mass is 478 g/mol. The number of alkyl halides is 2. The molecule has 0 saturated carbocycles. The van der Waals surface area contributed by atoms with Crippen LogP contribution in [0.2, 0.25) is 0 Å². The number of aromatic nitrogens is 4. The highest BCUT2D eigenvalue weighted by atomic mass is 31.0. The molecule has 1 saturated heterocycles. The first kappa shape index (κ1) is 22.4. The van der Waals surface area contributed by atoms with Gasteiger partial charge >= 0.3 is 0 Å². The van der Waals surface area contributed by atoms with Crippen molar-refractivity contribution in [3.05, 3.63) is 84.4 Å². The molecule has 2 atom stereocenters. The van der Waals surface area contributed by atoms with Gasteiger partial charge in [-0.25, -0.2) is 0 Å². The molecule has 9 heteroatoms. The molecular formula is C25H25F2N6P. The van der Waals surface area contributed by atoms with E-state index in [2.05, 4.69) is 49.9 Å². The Morgan fingerprint density at radius 2 is 1.71 bits per heavy atom. The zero-order valence-electron chi connectivity index (χ0n) is 18.5. The number of halogens is 2. The molecule has 5 rings (SSSR count). The minimum absolute atomic E-state index is 0.0568. The molecule has 2 heterocycles. The van der Waals surface area contributed by atoms with Crippen LogP contribution >= 0.6 is 9.24 Å². The van der Waals surface area contributed by atoms with E-state index in [-0.39, 0.29) is 5.56 Å². The molecule has 1 N–H and O–H groups in total. The second-order valence-corrected chi connectivity index (χ2v) is 9.20. The van der Waals surface area contributed by atoms with Crippen molar-refractivity contribution in [3.63, 3.8) is 0 Å². The van der Waals surface area contributed by atoms with E-state index in [1.807, 2.05) is 30.3 Å². The van der Waals surface area contributed by atoms with Crippen LogP contribution in [0, 0.1) is 5.92 Å². The zero-order chi connectivity index (χ0) is 23.5. The van der Waals surface area contributed by atoms with Crippen LogP contribution in [0.25, 0.3) is 11.4 Å². The Hall–Kier alpha value is -3.38. The van der Waals surface area contributed by atoms with Gasteiger partial charge in [0.15, 0.2) is 0 Å². The highest BCUT2D eigenvalue weighted by molar-refractivity contribution is 7.17. The fraction of sp³-hybridized carbons (Fsp3) is 0.240. The van der Waals surface area contributed by atoms with Crippen LogP contribution in [0.5, 0.6) is 0 Å². The lowest BCUT2D eigenvalue weighted by Crippen LogP contribution is -2.21. The zero-order valence-corrected chi connectivity index (χ0v) is 19.6. The Balaban J connectivity index is 1.27. The van der Waals surface area contributed by atoms with Gasteiger partial charge in [0.25, 0.3) is 5.66 Å². The molecular weight excluding hydrogens is 453 g/mol. The molecule has 6 nitrogen and oxygen atoms in total. The van der Waals surface area contributed by atoms with Crippen LogP contribution in [0.3, 0.4) is 0 Å². The third-order valence-electron chi connectivity index (χ3n) is 6.00. The van der Waals surface area contributed by atoms with E-state index in [0.29, 0.717) is 24.0 Å². The number of hydrogen-bond donors (Lipinski definition) is 1. The molecule has 1 aliphatic rings. The molecule has 0 bridgehead atoms. The summed E-state index contributed by atoms with van der Waals surface area (Å²) in [6.07, 6.45) is 1.08. The summed E-state index contributed by atoms with van der Waals surface area (Å²) in [7, 11) is 1.56. The summed E-state index contributed by atoms with van der Waals surface area (Å²) in [5, 5.41) is 16.5. The first-order valence-electron chi connectivity index (χ1n) is 11.2. The van der Waals surface area contributed by atoms with Gasteiger partial charge in [-0.05, 0) is 54.0 Å². The van der Waals surface area contributed by atoms with Gasteiger partial charge in [-0.1, -0.05) is 51.7 Å². The summed E-state index contributed by atoms with van der Waals surface area (Å²) in [5.74, 6) is 0.970. The van der Waals surface area contributed by atoms with Crippen molar-refractivity contribution < 1.29 is 8.78 Å². The van der Waals surface area contributed by atoms with Crippen LogP contribution in [0.4, 0.5) is 25.8 Å². The molecule has 3 aromatic carbocycles. The lowest BCUT2D eigenvalue weighted by Gasteiger charge is -2.18. The quantitative estimate of drug-likeness (QED) is 0.354. The standard InChI is InChI=1S/C25H25F2N6P/c26-25(27,34)19-10-12-20(13-11-19)28-23-9-5-4-8-22(23)24-29-31-33(30-24)17-18-14-15-32(16-18)21-6-2-1-3-7-21/h1-13,18,28H,14-17,34H2. The first-order chi connectivity index (χ1) is 16.5. The molecule has 0 spiro atoms. The molecule has 34 heavy (non-hydrogen) atoms. The first-order valence-corrected chi connectivity index (χ1v) is 11.7. The Morgan fingerprint density at radius 3 is 2.47 bits per heavy atom. The summed E-state index contributed by atoms with van der Waals surface area (Å²) in [6, 6.07) is 24.1. The van der Waals surface area contributed by atoms with Crippen molar-refractivity contribution in [2.45, 2.75) is 18.6 Å². The van der Waals surface area contributed by atoms with Crippen molar-refractivity contribution in [2.24, 2.45) is 5.92 Å². The van der Waals surface area contributed by atoms with Gasteiger partial charge in [0.05, 0.1) is 6.54 Å². The largest absolute Gasteiger partial charge is 0.371 e. The van der Waals surface area contributed by atoms with Gasteiger partial charge in [-0.15, -0.1) is 10.2 Å². The average Bonchev–Trinajstić information content (AvgIpc) is 3.50. The van der Waals surface area contributed by atoms with Crippen molar-refractivity contribution >= 4 is 26.3 Å². The van der Waals surface area contributed by atoms with Gasteiger partial charge in [-0.3, -0.25) is 0 Å². The average molecular weight is 478 g/mol. The number of benzene rings is 3. The van der Waals surface area contributed by atoms with Crippen molar-refractivity contribution in [2.75, 3.05) is 23.3 Å². The second kappa shape index (κ2) is 9.47. The summed E-state index contributed by atoms with van der Waals surface area (Å²) in [6.45, 7) is 2.69. The van der Waals surface area contributed by atoms with E-state index in [9.17, 15) is 8.78 Å². The van der Waals surface area contributed by atoms with E-state index in [0.717, 1.165) is 30.8 Å². The fourth-order valence-electron chi connectivity index (χ4n) is 4.23. The molecule has 0 amide bonds. The van der Waals surface area contributed by atoms with Gasteiger partial charge in [0.2, 0.25) is 5.82 Å². The minimum Gasteiger partial charge on any atom is -0.371 e. The Labute approximate surface area is 199 Å². The topological polar surface area (TPSA) is 58.9 Å².